The molecule has 0 bridgehead atoms. The van der Waals surface area contributed by atoms with E-state index in [0.29, 0.717) is 0 Å². The molecule has 0 aliphatic rings. The molecular formula is C14H19N3O. The van der Waals surface area contributed by atoms with E-state index < -0.39 is 0 Å². The summed E-state index contributed by atoms with van der Waals surface area (Å²) < 4.78 is 5.24. The number of hydrogen-bond acceptors (Lipinski definition) is 3. The summed E-state index contributed by atoms with van der Waals surface area (Å²) in [5, 5.41) is 10.5. The fourth-order valence-electron chi connectivity index (χ4n) is 1.98. The minimum atomic E-state index is 0.230. The van der Waals surface area contributed by atoms with Gasteiger partial charge in [-0.05, 0) is 37.6 Å². The fraction of sp³-hybridized carbons (Fsp3) is 0.357. The molecule has 2 rings (SSSR count). The molecule has 1 aromatic carbocycles. The summed E-state index contributed by atoms with van der Waals surface area (Å²) >= 11 is 0. The minimum absolute atomic E-state index is 0.230. The van der Waals surface area contributed by atoms with Gasteiger partial charge in [-0.1, -0.05) is 12.1 Å². The lowest BCUT2D eigenvalue weighted by Crippen LogP contribution is -2.22. The molecule has 1 heterocycles. The van der Waals surface area contributed by atoms with Crippen molar-refractivity contribution >= 4 is 0 Å². The molecule has 2 N–H and O–H groups in total. The van der Waals surface area contributed by atoms with Gasteiger partial charge in [-0.2, -0.15) is 5.10 Å². The Bertz CT molecular complexity index is 482. The maximum atomic E-state index is 5.24. The molecule has 4 nitrogen and oxygen atoms in total. The standard InChI is InChI=1S/C14H19N3O/c1-10(12-5-4-6-13(9-12)18-3)16-11(2)14-7-8-15-17-14/h4-11,16H,1-3H3,(H,15,17). The zero-order valence-corrected chi connectivity index (χ0v) is 11.0. The van der Waals surface area contributed by atoms with E-state index in [4.69, 9.17) is 4.74 Å². The molecule has 96 valence electrons. The van der Waals surface area contributed by atoms with Crippen LogP contribution < -0.4 is 10.1 Å². The van der Waals surface area contributed by atoms with Crippen molar-refractivity contribution in [2.24, 2.45) is 0 Å². The normalized spacial score (nSPS) is 14.2. The van der Waals surface area contributed by atoms with E-state index in [9.17, 15) is 0 Å². The lowest BCUT2D eigenvalue weighted by atomic mass is 10.1. The number of H-pyrrole nitrogens is 1. The molecule has 18 heavy (non-hydrogen) atoms. The minimum Gasteiger partial charge on any atom is -0.497 e. The van der Waals surface area contributed by atoms with Crippen LogP contribution in [0.5, 0.6) is 5.75 Å². The first kappa shape index (κ1) is 12.6. The van der Waals surface area contributed by atoms with Crippen LogP contribution in [0.4, 0.5) is 0 Å². The molecule has 0 aliphatic carbocycles. The molecule has 2 aromatic rings. The average molecular weight is 245 g/mol. The Morgan fingerprint density at radius 1 is 1.22 bits per heavy atom. The molecule has 0 fully saturated rings. The van der Waals surface area contributed by atoms with Crippen molar-refractivity contribution in [3.8, 4) is 5.75 Å². The predicted octanol–water partition coefficient (Wildman–Crippen LogP) is 2.83. The van der Waals surface area contributed by atoms with Crippen molar-refractivity contribution in [3.05, 3.63) is 47.8 Å². The quantitative estimate of drug-likeness (QED) is 0.851. The van der Waals surface area contributed by atoms with Gasteiger partial charge in [0.15, 0.2) is 0 Å². The SMILES string of the molecule is COc1cccc(C(C)NC(C)c2ccn[nH]2)c1. The van der Waals surface area contributed by atoms with Gasteiger partial charge < -0.3 is 10.1 Å². The summed E-state index contributed by atoms with van der Waals surface area (Å²) in [7, 11) is 1.68. The van der Waals surface area contributed by atoms with E-state index in [1.807, 2.05) is 18.2 Å². The van der Waals surface area contributed by atoms with Crippen LogP contribution in [0.2, 0.25) is 0 Å². The highest BCUT2D eigenvalue weighted by Crippen LogP contribution is 2.21. The highest BCUT2D eigenvalue weighted by Gasteiger charge is 2.12. The van der Waals surface area contributed by atoms with E-state index in [1.54, 1.807) is 13.3 Å². The molecule has 0 saturated carbocycles. The number of aromatic nitrogens is 2. The largest absolute Gasteiger partial charge is 0.497 e. The number of nitrogens with one attached hydrogen (secondary N) is 2. The maximum Gasteiger partial charge on any atom is 0.119 e. The van der Waals surface area contributed by atoms with Crippen LogP contribution in [0.1, 0.15) is 37.2 Å². The number of aromatic amines is 1. The number of methoxy groups -OCH3 is 1. The van der Waals surface area contributed by atoms with Crippen LogP contribution in [0, 0.1) is 0 Å². The van der Waals surface area contributed by atoms with Gasteiger partial charge in [0.05, 0.1) is 12.8 Å². The molecule has 1 aromatic heterocycles. The molecular weight excluding hydrogens is 226 g/mol. The summed E-state index contributed by atoms with van der Waals surface area (Å²) in [4.78, 5) is 0. The summed E-state index contributed by atoms with van der Waals surface area (Å²) in [6, 6.07) is 10.6. The van der Waals surface area contributed by atoms with Gasteiger partial charge in [-0.3, -0.25) is 5.10 Å². The first-order valence-corrected chi connectivity index (χ1v) is 6.10. The van der Waals surface area contributed by atoms with Crippen LogP contribution >= 0.6 is 0 Å². The van der Waals surface area contributed by atoms with Crippen LogP contribution in [-0.2, 0) is 0 Å². The smallest absolute Gasteiger partial charge is 0.119 e. The Balaban J connectivity index is 2.04. The van der Waals surface area contributed by atoms with Gasteiger partial charge in [-0.25, -0.2) is 0 Å². The zero-order chi connectivity index (χ0) is 13.0. The van der Waals surface area contributed by atoms with Gasteiger partial charge in [0.25, 0.3) is 0 Å². The summed E-state index contributed by atoms with van der Waals surface area (Å²) in [5.74, 6) is 0.885. The summed E-state index contributed by atoms with van der Waals surface area (Å²) in [6.45, 7) is 4.26. The van der Waals surface area contributed by atoms with Gasteiger partial charge in [0.2, 0.25) is 0 Å². The Morgan fingerprint density at radius 2 is 2.06 bits per heavy atom. The summed E-state index contributed by atoms with van der Waals surface area (Å²) in [5.41, 5.74) is 2.30. The van der Waals surface area contributed by atoms with Crippen LogP contribution in [0.25, 0.3) is 0 Å². The Labute approximate surface area is 107 Å². The van der Waals surface area contributed by atoms with Crippen molar-refractivity contribution in [1.29, 1.82) is 0 Å². The molecule has 4 heteroatoms. The van der Waals surface area contributed by atoms with E-state index in [2.05, 4.69) is 41.5 Å². The topological polar surface area (TPSA) is 49.9 Å². The van der Waals surface area contributed by atoms with Crippen LogP contribution in [0.15, 0.2) is 36.5 Å². The fourth-order valence-corrected chi connectivity index (χ4v) is 1.98. The number of ether oxygens (including phenoxy) is 1. The number of benzene rings is 1. The first-order valence-electron chi connectivity index (χ1n) is 6.10. The number of rotatable bonds is 5. The molecule has 0 aliphatic heterocycles. The van der Waals surface area contributed by atoms with Crippen molar-refractivity contribution in [2.75, 3.05) is 7.11 Å². The van der Waals surface area contributed by atoms with Gasteiger partial charge in [0, 0.05) is 18.3 Å². The third-order valence-corrected chi connectivity index (χ3v) is 3.08. The Morgan fingerprint density at radius 3 is 2.72 bits per heavy atom. The van der Waals surface area contributed by atoms with E-state index >= 15 is 0 Å². The highest BCUT2D eigenvalue weighted by molar-refractivity contribution is 5.30. The molecule has 0 radical (unpaired) electrons. The highest BCUT2D eigenvalue weighted by atomic mass is 16.5. The average Bonchev–Trinajstić information content (AvgIpc) is 2.92. The Hall–Kier alpha value is -1.81. The van der Waals surface area contributed by atoms with Gasteiger partial charge in [-0.15, -0.1) is 0 Å². The Kier molecular flexibility index (Phi) is 3.99. The molecule has 2 atom stereocenters. The van der Waals surface area contributed by atoms with Crippen molar-refractivity contribution in [2.45, 2.75) is 25.9 Å². The summed E-state index contributed by atoms with van der Waals surface area (Å²) in [6.07, 6.45) is 1.77. The first-order chi connectivity index (χ1) is 8.70. The second-order valence-electron chi connectivity index (χ2n) is 4.40. The molecule has 0 amide bonds. The lowest BCUT2D eigenvalue weighted by molar-refractivity contribution is 0.412. The van der Waals surface area contributed by atoms with E-state index in [-0.39, 0.29) is 12.1 Å². The number of hydrogen-bond donors (Lipinski definition) is 2. The van der Waals surface area contributed by atoms with E-state index in [0.717, 1.165) is 11.4 Å². The molecule has 0 spiro atoms. The molecule has 0 saturated heterocycles. The number of nitrogens with zero attached hydrogens (tertiary/aromatic N) is 1. The monoisotopic (exact) mass is 245 g/mol. The second-order valence-corrected chi connectivity index (χ2v) is 4.40. The third kappa shape index (κ3) is 2.90. The van der Waals surface area contributed by atoms with E-state index in [1.165, 1.54) is 5.56 Å². The predicted molar refractivity (Wildman–Crippen MR) is 71.5 cm³/mol. The molecule has 2 unspecified atom stereocenters. The van der Waals surface area contributed by atoms with Gasteiger partial charge in [0.1, 0.15) is 5.75 Å². The van der Waals surface area contributed by atoms with Crippen LogP contribution in [0.3, 0.4) is 0 Å². The second kappa shape index (κ2) is 5.69. The zero-order valence-electron chi connectivity index (χ0n) is 11.0. The van der Waals surface area contributed by atoms with Gasteiger partial charge >= 0.3 is 0 Å². The van der Waals surface area contributed by atoms with Crippen molar-refractivity contribution in [3.63, 3.8) is 0 Å². The van der Waals surface area contributed by atoms with Crippen molar-refractivity contribution in [1.82, 2.24) is 15.5 Å². The lowest BCUT2D eigenvalue weighted by Gasteiger charge is -2.19. The van der Waals surface area contributed by atoms with Crippen molar-refractivity contribution < 1.29 is 4.74 Å². The third-order valence-electron chi connectivity index (χ3n) is 3.08. The maximum absolute atomic E-state index is 5.24. The van der Waals surface area contributed by atoms with Crippen LogP contribution in [-0.4, -0.2) is 17.3 Å².